The molecular weight excluding hydrogens is 296 g/mol. The first-order valence-electron chi connectivity index (χ1n) is 6.43. The fourth-order valence-corrected chi connectivity index (χ4v) is 3.23. The minimum absolute atomic E-state index is 0.235. The summed E-state index contributed by atoms with van der Waals surface area (Å²) in [6.07, 6.45) is 5.57. The molecule has 21 heavy (non-hydrogen) atoms. The molecule has 112 valence electrons. The number of aromatic nitrogens is 2. The van der Waals surface area contributed by atoms with Crippen LogP contribution < -0.4 is 0 Å². The molecule has 1 aliphatic carbocycles. The highest BCUT2D eigenvalue weighted by atomic mass is 35.5. The number of hydrogen-bond acceptors (Lipinski definition) is 4. The SMILES string of the molecule is COC1(OC)CC(C(=O)O)(c2cc(Cl)c3nccn3c2)C1. The number of hydrogen-bond donors (Lipinski definition) is 1. The van der Waals surface area contributed by atoms with Crippen molar-refractivity contribution in [2.75, 3.05) is 14.2 Å². The molecule has 2 heterocycles. The minimum Gasteiger partial charge on any atom is -0.481 e. The smallest absolute Gasteiger partial charge is 0.314 e. The Bertz CT molecular complexity index is 700. The van der Waals surface area contributed by atoms with Crippen molar-refractivity contribution in [1.29, 1.82) is 0 Å². The summed E-state index contributed by atoms with van der Waals surface area (Å²) in [6.45, 7) is 0. The molecule has 0 saturated heterocycles. The third kappa shape index (κ3) is 1.94. The van der Waals surface area contributed by atoms with E-state index in [-0.39, 0.29) is 12.8 Å². The molecule has 0 aromatic carbocycles. The van der Waals surface area contributed by atoms with Gasteiger partial charge in [-0.15, -0.1) is 0 Å². The van der Waals surface area contributed by atoms with Crippen LogP contribution in [0.5, 0.6) is 0 Å². The number of methoxy groups -OCH3 is 2. The molecule has 1 N–H and O–H groups in total. The molecule has 0 amide bonds. The molecule has 0 aliphatic heterocycles. The van der Waals surface area contributed by atoms with Crippen molar-refractivity contribution in [3.05, 3.63) is 35.2 Å². The number of pyridine rings is 1. The fraction of sp³-hybridized carbons (Fsp3) is 0.429. The summed E-state index contributed by atoms with van der Waals surface area (Å²) in [5.74, 6) is -1.77. The average molecular weight is 311 g/mol. The molecule has 3 rings (SSSR count). The van der Waals surface area contributed by atoms with Crippen molar-refractivity contribution in [3.63, 3.8) is 0 Å². The van der Waals surface area contributed by atoms with Gasteiger partial charge in [0.25, 0.3) is 0 Å². The lowest BCUT2D eigenvalue weighted by molar-refractivity contribution is -0.277. The van der Waals surface area contributed by atoms with Gasteiger partial charge in [-0.05, 0) is 11.6 Å². The second kappa shape index (κ2) is 4.69. The summed E-state index contributed by atoms with van der Waals surface area (Å²) in [5.41, 5.74) is 0.161. The van der Waals surface area contributed by atoms with Gasteiger partial charge in [0.15, 0.2) is 11.4 Å². The Morgan fingerprint density at radius 2 is 2.10 bits per heavy atom. The second-order valence-corrected chi connectivity index (χ2v) is 5.70. The first kappa shape index (κ1) is 14.3. The zero-order valence-electron chi connectivity index (χ0n) is 11.7. The molecule has 2 aromatic rings. The predicted molar refractivity (Wildman–Crippen MR) is 75.5 cm³/mol. The number of carbonyl (C=O) groups is 1. The Morgan fingerprint density at radius 1 is 1.43 bits per heavy atom. The topological polar surface area (TPSA) is 73.1 Å². The number of fused-ring (bicyclic) bond motifs is 1. The molecule has 7 heteroatoms. The van der Waals surface area contributed by atoms with Crippen LogP contribution in [0.25, 0.3) is 5.65 Å². The number of carboxylic acids is 1. The first-order chi connectivity index (χ1) is 9.96. The van der Waals surface area contributed by atoms with Gasteiger partial charge in [-0.3, -0.25) is 4.79 Å². The maximum atomic E-state index is 11.8. The van der Waals surface area contributed by atoms with Gasteiger partial charge < -0.3 is 19.0 Å². The van der Waals surface area contributed by atoms with Gasteiger partial charge in [0.1, 0.15) is 5.41 Å². The van der Waals surface area contributed by atoms with Gasteiger partial charge in [-0.1, -0.05) is 11.6 Å². The highest BCUT2D eigenvalue weighted by molar-refractivity contribution is 6.33. The van der Waals surface area contributed by atoms with Crippen LogP contribution in [0.1, 0.15) is 18.4 Å². The number of nitrogens with zero attached hydrogens (tertiary/aromatic N) is 2. The van der Waals surface area contributed by atoms with Crippen LogP contribution in [0.15, 0.2) is 24.7 Å². The lowest BCUT2D eigenvalue weighted by Gasteiger charge is -2.51. The van der Waals surface area contributed by atoms with E-state index in [0.717, 1.165) is 0 Å². The molecule has 1 aliphatic rings. The van der Waals surface area contributed by atoms with Crippen LogP contribution in [-0.4, -0.2) is 40.5 Å². The van der Waals surface area contributed by atoms with Crippen LogP contribution in [0.3, 0.4) is 0 Å². The maximum Gasteiger partial charge on any atom is 0.314 e. The van der Waals surface area contributed by atoms with Gasteiger partial charge >= 0.3 is 5.97 Å². The van der Waals surface area contributed by atoms with E-state index < -0.39 is 17.2 Å². The predicted octanol–water partition coefficient (Wildman–Crippen LogP) is 2.09. The Labute approximate surface area is 126 Å². The van der Waals surface area contributed by atoms with E-state index in [0.29, 0.717) is 16.2 Å². The maximum absolute atomic E-state index is 11.8. The quantitative estimate of drug-likeness (QED) is 0.875. The summed E-state index contributed by atoms with van der Waals surface area (Å²) >= 11 is 6.20. The van der Waals surface area contributed by atoms with Gasteiger partial charge in [0.2, 0.25) is 0 Å². The molecule has 0 bridgehead atoms. The van der Waals surface area contributed by atoms with Crippen LogP contribution in [-0.2, 0) is 19.7 Å². The van der Waals surface area contributed by atoms with Crippen LogP contribution in [0, 0.1) is 0 Å². The van der Waals surface area contributed by atoms with Crippen LogP contribution in [0.4, 0.5) is 0 Å². The Hall–Kier alpha value is -1.63. The van der Waals surface area contributed by atoms with E-state index in [1.807, 2.05) is 0 Å². The van der Waals surface area contributed by atoms with E-state index in [1.165, 1.54) is 14.2 Å². The number of aliphatic carboxylic acids is 1. The molecule has 1 saturated carbocycles. The fourth-order valence-electron chi connectivity index (χ4n) is 2.97. The summed E-state index contributed by atoms with van der Waals surface area (Å²) in [7, 11) is 3.03. The second-order valence-electron chi connectivity index (χ2n) is 5.29. The Balaban J connectivity index is 2.08. The van der Waals surface area contributed by atoms with Crippen molar-refractivity contribution < 1.29 is 19.4 Å². The lowest BCUT2D eigenvalue weighted by atomic mass is 9.60. The highest BCUT2D eigenvalue weighted by Gasteiger charge is 2.61. The number of imidazole rings is 1. The normalized spacial score (nSPS) is 19.4. The third-order valence-electron chi connectivity index (χ3n) is 4.29. The van der Waals surface area contributed by atoms with E-state index in [4.69, 9.17) is 21.1 Å². The zero-order chi connectivity index (χ0) is 15.3. The van der Waals surface area contributed by atoms with Gasteiger partial charge in [0.05, 0.1) is 5.02 Å². The molecule has 0 radical (unpaired) electrons. The number of carboxylic acid groups (broad SMARTS) is 1. The number of rotatable bonds is 4. The van der Waals surface area contributed by atoms with Crippen molar-refractivity contribution in [2.24, 2.45) is 0 Å². The molecule has 6 nitrogen and oxygen atoms in total. The van der Waals surface area contributed by atoms with Crippen molar-refractivity contribution in [3.8, 4) is 0 Å². The summed E-state index contributed by atoms with van der Waals surface area (Å²) in [6, 6.07) is 1.66. The third-order valence-corrected chi connectivity index (χ3v) is 4.57. The van der Waals surface area contributed by atoms with E-state index in [9.17, 15) is 9.90 Å². The molecule has 0 atom stereocenters. The van der Waals surface area contributed by atoms with E-state index in [1.54, 1.807) is 29.1 Å². The molecule has 2 aromatic heterocycles. The molecule has 1 fully saturated rings. The summed E-state index contributed by atoms with van der Waals surface area (Å²) in [5, 5.41) is 10.1. The summed E-state index contributed by atoms with van der Waals surface area (Å²) < 4.78 is 12.4. The molecule has 0 unspecified atom stereocenters. The molecular formula is C14H15ClN2O4. The van der Waals surface area contributed by atoms with Crippen LogP contribution >= 0.6 is 11.6 Å². The van der Waals surface area contributed by atoms with Gasteiger partial charge in [0, 0.05) is 45.7 Å². The highest BCUT2D eigenvalue weighted by Crippen LogP contribution is 2.53. The van der Waals surface area contributed by atoms with Crippen molar-refractivity contribution in [2.45, 2.75) is 24.0 Å². The van der Waals surface area contributed by atoms with E-state index >= 15 is 0 Å². The number of ether oxygens (including phenoxy) is 2. The molecule has 0 spiro atoms. The first-order valence-corrected chi connectivity index (χ1v) is 6.80. The Kier molecular flexibility index (Phi) is 3.20. The van der Waals surface area contributed by atoms with Crippen LogP contribution in [0.2, 0.25) is 5.02 Å². The van der Waals surface area contributed by atoms with Crippen molar-refractivity contribution in [1.82, 2.24) is 9.38 Å². The standard InChI is InChI=1S/C14H15ClN2O4/c1-20-14(21-2)7-13(8-14,12(18)19)9-5-10(15)11-16-3-4-17(11)6-9/h3-6H,7-8H2,1-2H3,(H,18,19). The monoisotopic (exact) mass is 310 g/mol. The largest absolute Gasteiger partial charge is 0.481 e. The average Bonchev–Trinajstić information content (AvgIpc) is 2.87. The van der Waals surface area contributed by atoms with Gasteiger partial charge in [-0.2, -0.15) is 0 Å². The van der Waals surface area contributed by atoms with E-state index in [2.05, 4.69) is 4.98 Å². The lowest BCUT2D eigenvalue weighted by Crippen LogP contribution is -2.60. The Morgan fingerprint density at radius 3 is 2.67 bits per heavy atom. The number of halogens is 1. The van der Waals surface area contributed by atoms with Gasteiger partial charge in [-0.25, -0.2) is 4.98 Å². The zero-order valence-corrected chi connectivity index (χ0v) is 12.4. The van der Waals surface area contributed by atoms with Crippen molar-refractivity contribution >= 4 is 23.2 Å². The minimum atomic E-state index is -1.06. The summed E-state index contributed by atoms with van der Waals surface area (Å²) in [4.78, 5) is 16.0.